The molecule has 0 atom stereocenters. The Labute approximate surface area is 99.8 Å². The predicted molar refractivity (Wildman–Crippen MR) is 60.2 cm³/mol. The number of rotatable bonds is 5. The number of hydrogen-bond acceptors (Lipinski definition) is 4. The Bertz CT molecular complexity index is 376. The molecule has 0 fully saturated rings. The van der Waals surface area contributed by atoms with E-state index in [-0.39, 0.29) is 17.8 Å². The first-order valence-corrected chi connectivity index (χ1v) is 5.28. The molecule has 0 amide bonds. The standard InChI is InChI=1S/C12H16FNO3/c1-12(2,16-3)6-7-17-11(15)9-4-5-10(13)14-8-9/h4-5,8H,6-7H2,1-3H3. The molecule has 0 N–H and O–H groups in total. The van der Waals surface area contributed by atoms with Crippen molar-refractivity contribution in [1.29, 1.82) is 0 Å². The van der Waals surface area contributed by atoms with Gasteiger partial charge in [0.25, 0.3) is 0 Å². The smallest absolute Gasteiger partial charge is 0.339 e. The van der Waals surface area contributed by atoms with Crippen LogP contribution in [0.25, 0.3) is 0 Å². The number of halogens is 1. The van der Waals surface area contributed by atoms with E-state index < -0.39 is 11.9 Å². The minimum atomic E-state index is -0.623. The first-order chi connectivity index (χ1) is 7.94. The van der Waals surface area contributed by atoms with Gasteiger partial charge in [-0.2, -0.15) is 4.39 Å². The molecule has 5 heteroatoms. The molecule has 94 valence electrons. The number of hydrogen-bond donors (Lipinski definition) is 0. The molecule has 0 aliphatic carbocycles. The van der Waals surface area contributed by atoms with Gasteiger partial charge in [0.15, 0.2) is 0 Å². The van der Waals surface area contributed by atoms with E-state index in [0.29, 0.717) is 6.42 Å². The highest BCUT2D eigenvalue weighted by molar-refractivity contribution is 5.88. The Morgan fingerprint density at radius 1 is 1.47 bits per heavy atom. The van der Waals surface area contributed by atoms with Crippen molar-refractivity contribution in [3.8, 4) is 0 Å². The van der Waals surface area contributed by atoms with Crippen molar-refractivity contribution < 1.29 is 18.7 Å². The Kier molecular flexibility index (Phi) is 4.57. The van der Waals surface area contributed by atoms with Gasteiger partial charge in [0, 0.05) is 19.7 Å². The maximum atomic E-state index is 12.5. The normalized spacial score (nSPS) is 11.3. The molecule has 0 saturated carbocycles. The molecule has 0 spiro atoms. The summed E-state index contributed by atoms with van der Waals surface area (Å²) in [5.74, 6) is -1.13. The minimum Gasteiger partial charge on any atom is -0.462 e. The highest BCUT2D eigenvalue weighted by Crippen LogP contribution is 2.13. The van der Waals surface area contributed by atoms with Gasteiger partial charge in [-0.15, -0.1) is 0 Å². The summed E-state index contributed by atoms with van der Waals surface area (Å²) in [6.45, 7) is 4.05. The lowest BCUT2D eigenvalue weighted by Crippen LogP contribution is -2.25. The second kappa shape index (κ2) is 5.72. The topological polar surface area (TPSA) is 48.4 Å². The third kappa shape index (κ3) is 4.48. The van der Waals surface area contributed by atoms with Crippen molar-refractivity contribution in [3.05, 3.63) is 29.8 Å². The predicted octanol–water partition coefficient (Wildman–Crippen LogP) is 2.19. The summed E-state index contributed by atoms with van der Waals surface area (Å²) in [6.07, 6.45) is 1.74. The van der Waals surface area contributed by atoms with Crippen LogP contribution in [0.1, 0.15) is 30.6 Å². The summed E-state index contributed by atoms with van der Waals surface area (Å²) in [5, 5.41) is 0. The van der Waals surface area contributed by atoms with E-state index in [1.807, 2.05) is 13.8 Å². The van der Waals surface area contributed by atoms with Gasteiger partial charge in [0.2, 0.25) is 5.95 Å². The van der Waals surface area contributed by atoms with Crippen LogP contribution in [0.4, 0.5) is 4.39 Å². The number of ether oxygens (including phenoxy) is 2. The summed E-state index contributed by atoms with van der Waals surface area (Å²) in [4.78, 5) is 14.9. The van der Waals surface area contributed by atoms with Crippen LogP contribution >= 0.6 is 0 Å². The fraction of sp³-hybridized carbons (Fsp3) is 0.500. The maximum absolute atomic E-state index is 12.5. The molecule has 1 rings (SSSR count). The van der Waals surface area contributed by atoms with Crippen LogP contribution in [0.3, 0.4) is 0 Å². The fourth-order valence-electron chi connectivity index (χ4n) is 1.07. The average Bonchev–Trinajstić information content (AvgIpc) is 2.29. The van der Waals surface area contributed by atoms with Gasteiger partial charge in [-0.1, -0.05) is 0 Å². The number of nitrogens with zero attached hydrogens (tertiary/aromatic N) is 1. The zero-order valence-corrected chi connectivity index (χ0v) is 10.2. The van der Waals surface area contributed by atoms with Crippen LogP contribution in [-0.4, -0.2) is 30.3 Å². The molecule has 17 heavy (non-hydrogen) atoms. The molecule has 4 nitrogen and oxygen atoms in total. The molecule has 0 aromatic carbocycles. The van der Waals surface area contributed by atoms with E-state index in [1.54, 1.807) is 7.11 Å². The third-order valence-corrected chi connectivity index (χ3v) is 2.45. The van der Waals surface area contributed by atoms with Crippen LogP contribution < -0.4 is 0 Å². The number of carbonyl (C=O) groups is 1. The van der Waals surface area contributed by atoms with Crippen LogP contribution in [0.5, 0.6) is 0 Å². The van der Waals surface area contributed by atoms with Gasteiger partial charge in [-0.25, -0.2) is 9.78 Å². The maximum Gasteiger partial charge on any atom is 0.339 e. The lowest BCUT2D eigenvalue weighted by Gasteiger charge is -2.22. The molecule has 0 aliphatic heterocycles. The van der Waals surface area contributed by atoms with Crippen LogP contribution in [0.15, 0.2) is 18.3 Å². The number of carbonyl (C=O) groups excluding carboxylic acids is 1. The second-order valence-electron chi connectivity index (χ2n) is 4.22. The van der Waals surface area contributed by atoms with Gasteiger partial charge in [-0.05, 0) is 26.0 Å². The summed E-state index contributed by atoms with van der Waals surface area (Å²) in [7, 11) is 1.60. The molecule has 1 aromatic heterocycles. The number of methoxy groups -OCH3 is 1. The first-order valence-electron chi connectivity index (χ1n) is 5.28. The second-order valence-corrected chi connectivity index (χ2v) is 4.22. The van der Waals surface area contributed by atoms with Crippen molar-refractivity contribution in [2.45, 2.75) is 25.9 Å². The molecular formula is C12H16FNO3. The van der Waals surface area contributed by atoms with Crippen molar-refractivity contribution in [2.24, 2.45) is 0 Å². The Morgan fingerprint density at radius 3 is 2.71 bits per heavy atom. The lowest BCUT2D eigenvalue weighted by atomic mass is 10.1. The van der Waals surface area contributed by atoms with Crippen molar-refractivity contribution >= 4 is 5.97 Å². The highest BCUT2D eigenvalue weighted by Gasteiger charge is 2.17. The van der Waals surface area contributed by atoms with Gasteiger partial charge in [-0.3, -0.25) is 0 Å². The molecule has 1 aromatic rings. The molecule has 0 radical (unpaired) electrons. The van der Waals surface area contributed by atoms with Crippen molar-refractivity contribution in [2.75, 3.05) is 13.7 Å². The van der Waals surface area contributed by atoms with E-state index in [4.69, 9.17) is 9.47 Å². The molecule has 0 saturated heterocycles. The van der Waals surface area contributed by atoms with Crippen LogP contribution in [0.2, 0.25) is 0 Å². The number of esters is 1. The monoisotopic (exact) mass is 241 g/mol. The molecule has 0 bridgehead atoms. The van der Waals surface area contributed by atoms with Gasteiger partial charge >= 0.3 is 5.97 Å². The van der Waals surface area contributed by atoms with E-state index in [0.717, 1.165) is 12.3 Å². The van der Waals surface area contributed by atoms with E-state index in [9.17, 15) is 9.18 Å². The molecule has 0 unspecified atom stereocenters. The Morgan fingerprint density at radius 2 is 2.18 bits per heavy atom. The van der Waals surface area contributed by atoms with Crippen molar-refractivity contribution in [3.63, 3.8) is 0 Å². The van der Waals surface area contributed by atoms with E-state index >= 15 is 0 Å². The molecular weight excluding hydrogens is 225 g/mol. The first kappa shape index (κ1) is 13.6. The van der Waals surface area contributed by atoms with E-state index in [2.05, 4.69) is 4.98 Å². The summed E-state index contributed by atoms with van der Waals surface area (Å²) in [5.41, 5.74) is -0.0944. The average molecular weight is 241 g/mol. The molecule has 1 heterocycles. The minimum absolute atomic E-state index is 0.238. The van der Waals surface area contributed by atoms with Crippen LogP contribution in [0, 0.1) is 5.95 Å². The Hall–Kier alpha value is -1.49. The number of pyridine rings is 1. The Balaban J connectivity index is 2.43. The molecule has 0 aliphatic rings. The van der Waals surface area contributed by atoms with Crippen molar-refractivity contribution in [1.82, 2.24) is 4.98 Å². The summed E-state index contributed by atoms with van der Waals surface area (Å²) in [6, 6.07) is 2.46. The zero-order chi connectivity index (χ0) is 12.9. The quantitative estimate of drug-likeness (QED) is 0.585. The summed E-state index contributed by atoms with van der Waals surface area (Å²) < 4.78 is 22.7. The van der Waals surface area contributed by atoms with Gasteiger partial charge in [0.05, 0.1) is 17.8 Å². The third-order valence-electron chi connectivity index (χ3n) is 2.45. The summed E-state index contributed by atoms with van der Waals surface area (Å²) >= 11 is 0. The van der Waals surface area contributed by atoms with Gasteiger partial charge < -0.3 is 9.47 Å². The fourth-order valence-corrected chi connectivity index (χ4v) is 1.07. The largest absolute Gasteiger partial charge is 0.462 e. The van der Waals surface area contributed by atoms with Crippen LogP contribution in [-0.2, 0) is 9.47 Å². The number of aromatic nitrogens is 1. The SMILES string of the molecule is COC(C)(C)CCOC(=O)c1ccc(F)nc1. The van der Waals surface area contributed by atoms with Gasteiger partial charge in [0.1, 0.15) is 0 Å². The van der Waals surface area contributed by atoms with E-state index in [1.165, 1.54) is 6.07 Å². The zero-order valence-electron chi connectivity index (χ0n) is 10.2. The lowest BCUT2D eigenvalue weighted by molar-refractivity contribution is -0.00564. The highest BCUT2D eigenvalue weighted by atomic mass is 19.1.